The van der Waals surface area contributed by atoms with Crippen molar-refractivity contribution in [3.8, 4) is 45.4 Å². The maximum absolute atomic E-state index is 10.5. The molecule has 0 radical (unpaired) electrons. The van der Waals surface area contributed by atoms with Gasteiger partial charge in [0.25, 0.3) is 0 Å². The number of nitrogens with zero attached hydrogens (tertiary/aromatic N) is 2. The predicted octanol–water partition coefficient (Wildman–Crippen LogP) is 3.51. The number of nitrogens with two attached hydrogens (primary N) is 1. The number of rotatable bonds is 6. The van der Waals surface area contributed by atoms with Gasteiger partial charge in [0.2, 0.25) is 5.95 Å². The zero-order chi connectivity index (χ0) is 19.4. The van der Waals surface area contributed by atoms with Crippen LogP contribution in [0.15, 0.2) is 42.6 Å². The van der Waals surface area contributed by atoms with Crippen molar-refractivity contribution < 1.29 is 19.3 Å². The lowest BCUT2D eigenvalue weighted by Crippen LogP contribution is -2.00. The Kier molecular flexibility index (Phi) is 5.30. The van der Waals surface area contributed by atoms with Crippen LogP contribution in [-0.4, -0.2) is 35.9 Å². The van der Waals surface area contributed by atoms with E-state index in [4.69, 9.17) is 19.9 Å². The minimum Gasteiger partial charge on any atom is -0.507 e. The normalized spacial score (nSPS) is 10.5. The van der Waals surface area contributed by atoms with E-state index in [2.05, 4.69) is 9.97 Å². The molecule has 0 saturated heterocycles. The summed E-state index contributed by atoms with van der Waals surface area (Å²) in [6.07, 6.45) is 1.62. The molecular formula is C20H21N3O4. The Hall–Kier alpha value is -3.48. The van der Waals surface area contributed by atoms with Crippen LogP contribution >= 0.6 is 0 Å². The van der Waals surface area contributed by atoms with E-state index in [1.54, 1.807) is 44.7 Å². The second-order valence-electron chi connectivity index (χ2n) is 5.67. The molecule has 0 aliphatic heterocycles. The molecule has 0 amide bonds. The summed E-state index contributed by atoms with van der Waals surface area (Å²) in [6, 6.07) is 10.6. The van der Waals surface area contributed by atoms with E-state index in [-0.39, 0.29) is 11.7 Å². The molecule has 2 aromatic carbocycles. The Morgan fingerprint density at radius 3 is 2.44 bits per heavy atom. The maximum Gasteiger partial charge on any atom is 0.220 e. The number of aromatic nitrogens is 2. The van der Waals surface area contributed by atoms with Crippen molar-refractivity contribution >= 4 is 5.95 Å². The second-order valence-corrected chi connectivity index (χ2v) is 5.67. The summed E-state index contributed by atoms with van der Waals surface area (Å²) in [4.78, 5) is 8.45. The number of hydrogen-bond acceptors (Lipinski definition) is 7. The highest BCUT2D eigenvalue weighted by molar-refractivity contribution is 5.84. The smallest absolute Gasteiger partial charge is 0.220 e. The molecule has 3 aromatic rings. The van der Waals surface area contributed by atoms with Gasteiger partial charge in [0.15, 0.2) is 11.5 Å². The average molecular weight is 367 g/mol. The molecular weight excluding hydrogens is 346 g/mol. The lowest BCUT2D eigenvalue weighted by molar-refractivity contribution is 0.338. The Bertz CT molecular complexity index is 960. The molecule has 0 aliphatic rings. The van der Waals surface area contributed by atoms with E-state index in [1.165, 1.54) is 0 Å². The number of phenols is 1. The zero-order valence-electron chi connectivity index (χ0n) is 15.4. The van der Waals surface area contributed by atoms with Crippen LogP contribution in [0.3, 0.4) is 0 Å². The van der Waals surface area contributed by atoms with Crippen molar-refractivity contribution in [2.45, 2.75) is 6.92 Å². The molecule has 0 saturated carbocycles. The van der Waals surface area contributed by atoms with Crippen molar-refractivity contribution in [3.05, 3.63) is 42.6 Å². The first-order chi connectivity index (χ1) is 13.1. The van der Waals surface area contributed by atoms with Crippen LogP contribution in [0.2, 0.25) is 0 Å². The average Bonchev–Trinajstić information content (AvgIpc) is 2.68. The molecule has 1 aromatic heterocycles. The molecule has 7 nitrogen and oxygen atoms in total. The van der Waals surface area contributed by atoms with Crippen LogP contribution in [0, 0.1) is 0 Å². The van der Waals surface area contributed by atoms with Crippen molar-refractivity contribution in [3.63, 3.8) is 0 Å². The van der Waals surface area contributed by atoms with Gasteiger partial charge in [-0.25, -0.2) is 9.97 Å². The Labute approximate surface area is 157 Å². The van der Waals surface area contributed by atoms with Gasteiger partial charge in [-0.2, -0.15) is 0 Å². The molecule has 1 heterocycles. The van der Waals surface area contributed by atoms with E-state index in [1.807, 2.05) is 19.1 Å². The number of anilines is 1. The molecule has 0 bridgehead atoms. The van der Waals surface area contributed by atoms with Gasteiger partial charge in [-0.15, -0.1) is 0 Å². The highest BCUT2D eigenvalue weighted by Gasteiger charge is 2.16. The quantitative estimate of drug-likeness (QED) is 0.687. The number of hydrogen-bond donors (Lipinski definition) is 2. The molecule has 0 unspecified atom stereocenters. The minimum atomic E-state index is 0.0424. The standard InChI is InChI=1S/C20H21N3O4/c1-4-27-13-6-7-14(16(24)10-13)19-15(11-22-20(21)23-19)12-5-8-17(25-2)18(9-12)26-3/h5-11,24H,4H2,1-3H3,(H2,21,22,23). The van der Waals surface area contributed by atoms with Crippen molar-refractivity contribution in [2.24, 2.45) is 0 Å². The number of ether oxygens (including phenoxy) is 3. The molecule has 27 heavy (non-hydrogen) atoms. The van der Waals surface area contributed by atoms with Gasteiger partial charge >= 0.3 is 0 Å². The summed E-state index contributed by atoms with van der Waals surface area (Å²) >= 11 is 0. The number of methoxy groups -OCH3 is 2. The van der Waals surface area contributed by atoms with Crippen LogP contribution in [0.4, 0.5) is 5.95 Å². The monoisotopic (exact) mass is 367 g/mol. The molecule has 0 atom stereocenters. The Morgan fingerprint density at radius 2 is 1.78 bits per heavy atom. The van der Waals surface area contributed by atoms with Gasteiger partial charge in [-0.1, -0.05) is 6.07 Å². The molecule has 0 fully saturated rings. The first-order valence-electron chi connectivity index (χ1n) is 8.38. The molecule has 0 spiro atoms. The SMILES string of the molecule is CCOc1ccc(-c2nc(N)ncc2-c2ccc(OC)c(OC)c2)c(O)c1. The van der Waals surface area contributed by atoms with Gasteiger partial charge in [-0.05, 0) is 36.8 Å². The maximum atomic E-state index is 10.5. The van der Waals surface area contributed by atoms with Crippen LogP contribution in [0.1, 0.15) is 6.92 Å². The van der Waals surface area contributed by atoms with E-state index in [9.17, 15) is 5.11 Å². The van der Waals surface area contributed by atoms with E-state index >= 15 is 0 Å². The van der Waals surface area contributed by atoms with E-state index in [0.717, 1.165) is 5.56 Å². The number of aromatic hydroxyl groups is 1. The number of benzene rings is 2. The second kappa shape index (κ2) is 7.82. The fourth-order valence-corrected chi connectivity index (χ4v) is 2.78. The molecule has 3 N–H and O–H groups in total. The Morgan fingerprint density at radius 1 is 1.00 bits per heavy atom. The lowest BCUT2D eigenvalue weighted by atomic mass is 9.99. The first kappa shape index (κ1) is 18.3. The van der Waals surface area contributed by atoms with Crippen molar-refractivity contribution in [1.82, 2.24) is 9.97 Å². The van der Waals surface area contributed by atoms with Gasteiger partial charge in [0, 0.05) is 23.4 Å². The third-order valence-corrected chi connectivity index (χ3v) is 4.04. The van der Waals surface area contributed by atoms with Gasteiger partial charge in [0.1, 0.15) is 11.5 Å². The van der Waals surface area contributed by atoms with Gasteiger partial charge in [0.05, 0.1) is 26.5 Å². The zero-order valence-corrected chi connectivity index (χ0v) is 15.4. The highest BCUT2D eigenvalue weighted by atomic mass is 16.5. The lowest BCUT2D eigenvalue weighted by Gasteiger charge is -2.14. The van der Waals surface area contributed by atoms with E-state index < -0.39 is 0 Å². The van der Waals surface area contributed by atoms with E-state index in [0.29, 0.717) is 40.7 Å². The fraction of sp³-hybridized carbons (Fsp3) is 0.200. The summed E-state index contributed by atoms with van der Waals surface area (Å²) in [5.41, 5.74) is 8.33. The predicted molar refractivity (Wildman–Crippen MR) is 103 cm³/mol. The Balaban J connectivity index is 2.15. The topological polar surface area (TPSA) is 99.7 Å². The summed E-state index contributed by atoms with van der Waals surface area (Å²) < 4.78 is 16.1. The fourth-order valence-electron chi connectivity index (χ4n) is 2.78. The van der Waals surface area contributed by atoms with Crippen molar-refractivity contribution in [1.29, 1.82) is 0 Å². The largest absolute Gasteiger partial charge is 0.507 e. The molecule has 3 rings (SSSR count). The first-order valence-corrected chi connectivity index (χ1v) is 8.38. The van der Waals surface area contributed by atoms with Crippen LogP contribution in [0.5, 0.6) is 23.0 Å². The van der Waals surface area contributed by atoms with Crippen LogP contribution in [-0.2, 0) is 0 Å². The minimum absolute atomic E-state index is 0.0424. The van der Waals surface area contributed by atoms with Crippen LogP contribution < -0.4 is 19.9 Å². The summed E-state index contributed by atoms with van der Waals surface area (Å²) in [5.74, 6) is 1.92. The summed E-state index contributed by atoms with van der Waals surface area (Å²) in [5, 5.41) is 10.5. The van der Waals surface area contributed by atoms with Gasteiger partial charge in [-0.3, -0.25) is 0 Å². The summed E-state index contributed by atoms with van der Waals surface area (Å²) in [7, 11) is 3.15. The molecule has 140 valence electrons. The summed E-state index contributed by atoms with van der Waals surface area (Å²) in [6.45, 7) is 2.39. The number of nitrogen functional groups attached to an aromatic ring is 1. The number of phenolic OH excluding ortho intramolecular Hbond substituents is 1. The third kappa shape index (κ3) is 3.72. The molecule has 7 heteroatoms. The van der Waals surface area contributed by atoms with Gasteiger partial charge < -0.3 is 25.1 Å². The third-order valence-electron chi connectivity index (χ3n) is 4.04. The highest BCUT2D eigenvalue weighted by Crippen LogP contribution is 2.39. The van der Waals surface area contributed by atoms with Crippen molar-refractivity contribution in [2.75, 3.05) is 26.6 Å². The van der Waals surface area contributed by atoms with Crippen LogP contribution in [0.25, 0.3) is 22.4 Å². The molecule has 0 aliphatic carbocycles.